The summed E-state index contributed by atoms with van der Waals surface area (Å²) in [6.45, 7) is 4.48. The Hall–Kier alpha value is -1.06. The topological polar surface area (TPSA) is 38.7 Å². The Kier molecular flexibility index (Phi) is 6.01. The van der Waals surface area contributed by atoms with Crippen LogP contribution in [0, 0.1) is 0 Å². The van der Waals surface area contributed by atoms with Crippen molar-refractivity contribution in [1.29, 1.82) is 0 Å². The fourth-order valence-corrected chi connectivity index (χ4v) is 1.69. The predicted octanol–water partition coefficient (Wildman–Crippen LogP) is 2.93. The van der Waals surface area contributed by atoms with E-state index in [9.17, 15) is 5.11 Å². The van der Waals surface area contributed by atoms with Crippen molar-refractivity contribution in [2.75, 3.05) is 13.7 Å². The van der Waals surface area contributed by atoms with Gasteiger partial charge >= 0.3 is 0 Å². The molecule has 0 fully saturated rings. The highest BCUT2D eigenvalue weighted by Crippen LogP contribution is 2.19. The lowest BCUT2D eigenvalue weighted by molar-refractivity contribution is -0.00589. The molecule has 1 N–H and O–H groups in total. The van der Waals surface area contributed by atoms with Gasteiger partial charge in [0.05, 0.1) is 19.8 Å². The molecule has 17 heavy (non-hydrogen) atoms. The maximum absolute atomic E-state index is 9.98. The van der Waals surface area contributed by atoms with Crippen LogP contribution in [-0.2, 0) is 4.74 Å². The van der Waals surface area contributed by atoms with Crippen molar-refractivity contribution in [3.8, 4) is 5.75 Å². The van der Waals surface area contributed by atoms with Crippen molar-refractivity contribution in [1.82, 2.24) is 0 Å². The molecule has 1 aromatic rings. The zero-order chi connectivity index (χ0) is 12.7. The Balaban J connectivity index is 2.48. The van der Waals surface area contributed by atoms with Gasteiger partial charge in [-0.25, -0.2) is 0 Å². The number of ether oxygens (including phenoxy) is 2. The van der Waals surface area contributed by atoms with Gasteiger partial charge in [-0.3, -0.25) is 0 Å². The molecule has 2 atom stereocenters. The first-order chi connectivity index (χ1) is 8.17. The summed E-state index contributed by atoms with van der Waals surface area (Å²) >= 11 is 0. The van der Waals surface area contributed by atoms with Crippen LogP contribution in [-0.4, -0.2) is 24.9 Å². The van der Waals surface area contributed by atoms with Gasteiger partial charge in [0.15, 0.2) is 0 Å². The van der Waals surface area contributed by atoms with Crippen molar-refractivity contribution in [2.24, 2.45) is 0 Å². The number of aliphatic hydroxyl groups is 1. The molecule has 0 aliphatic carbocycles. The van der Waals surface area contributed by atoms with Crippen LogP contribution in [0.3, 0.4) is 0 Å². The van der Waals surface area contributed by atoms with E-state index >= 15 is 0 Å². The molecular formula is C14H22O3. The van der Waals surface area contributed by atoms with Crippen LogP contribution in [0.2, 0.25) is 0 Å². The molecule has 0 saturated heterocycles. The van der Waals surface area contributed by atoms with Gasteiger partial charge in [0, 0.05) is 0 Å². The molecule has 3 heteroatoms. The van der Waals surface area contributed by atoms with Crippen LogP contribution in [0.15, 0.2) is 24.3 Å². The molecule has 0 bridgehead atoms. The van der Waals surface area contributed by atoms with E-state index in [1.807, 2.05) is 31.2 Å². The minimum atomic E-state index is -0.593. The Morgan fingerprint density at radius 2 is 2.12 bits per heavy atom. The Labute approximate surface area is 103 Å². The first-order valence-corrected chi connectivity index (χ1v) is 6.11. The normalized spacial score (nSPS) is 14.4. The SMILES string of the molecule is CCCC(C)OCC(O)c1cccc(OC)c1. The maximum Gasteiger partial charge on any atom is 0.119 e. The summed E-state index contributed by atoms with van der Waals surface area (Å²) in [4.78, 5) is 0. The maximum atomic E-state index is 9.98. The third-order valence-electron chi connectivity index (χ3n) is 2.71. The van der Waals surface area contributed by atoms with Crippen LogP contribution >= 0.6 is 0 Å². The van der Waals surface area contributed by atoms with Crippen molar-refractivity contribution in [3.63, 3.8) is 0 Å². The molecule has 96 valence electrons. The zero-order valence-corrected chi connectivity index (χ0v) is 10.8. The van der Waals surface area contributed by atoms with Gasteiger partial charge in [-0.15, -0.1) is 0 Å². The van der Waals surface area contributed by atoms with E-state index in [2.05, 4.69) is 6.92 Å². The number of hydrogen-bond donors (Lipinski definition) is 1. The molecule has 0 aliphatic heterocycles. The van der Waals surface area contributed by atoms with Crippen LogP contribution in [0.5, 0.6) is 5.75 Å². The monoisotopic (exact) mass is 238 g/mol. The fourth-order valence-electron chi connectivity index (χ4n) is 1.69. The van der Waals surface area contributed by atoms with Crippen molar-refractivity contribution >= 4 is 0 Å². The summed E-state index contributed by atoms with van der Waals surface area (Å²) in [6.07, 6.45) is 1.71. The van der Waals surface area contributed by atoms with E-state index in [1.54, 1.807) is 7.11 Å². The van der Waals surface area contributed by atoms with Crippen LogP contribution in [0.1, 0.15) is 38.4 Å². The molecule has 2 unspecified atom stereocenters. The van der Waals surface area contributed by atoms with Gasteiger partial charge in [-0.2, -0.15) is 0 Å². The van der Waals surface area contributed by atoms with Gasteiger partial charge < -0.3 is 14.6 Å². The van der Waals surface area contributed by atoms with E-state index in [4.69, 9.17) is 9.47 Å². The molecule has 0 aromatic heterocycles. The smallest absolute Gasteiger partial charge is 0.119 e. The molecule has 0 saturated carbocycles. The second-order valence-electron chi connectivity index (χ2n) is 4.23. The highest BCUT2D eigenvalue weighted by molar-refractivity contribution is 5.29. The number of benzene rings is 1. The second-order valence-corrected chi connectivity index (χ2v) is 4.23. The quantitative estimate of drug-likeness (QED) is 0.793. The lowest BCUT2D eigenvalue weighted by Crippen LogP contribution is -2.14. The third-order valence-corrected chi connectivity index (χ3v) is 2.71. The number of methoxy groups -OCH3 is 1. The zero-order valence-electron chi connectivity index (χ0n) is 10.8. The summed E-state index contributed by atoms with van der Waals surface area (Å²) in [6, 6.07) is 7.43. The molecule has 0 spiro atoms. The van der Waals surface area contributed by atoms with E-state index < -0.39 is 6.10 Å². The lowest BCUT2D eigenvalue weighted by atomic mass is 10.1. The summed E-state index contributed by atoms with van der Waals surface area (Å²) in [5.74, 6) is 0.753. The first-order valence-electron chi connectivity index (χ1n) is 6.11. The van der Waals surface area contributed by atoms with Crippen LogP contribution in [0.4, 0.5) is 0 Å². The summed E-state index contributed by atoms with van der Waals surface area (Å²) in [7, 11) is 1.62. The Morgan fingerprint density at radius 1 is 1.35 bits per heavy atom. The van der Waals surface area contributed by atoms with Crippen LogP contribution < -0.4 is 4.74 Å². The van der Waals surface area contributed by atoms with Crippen LogP contribution in [0.25, 0.3) is 0 Å². The lowest BCUT2D eigenvalue weighted by Gasteiger charge is -2.16. The third kappa shape index (κ3) is 4.75. The first kappa shape index (κ1) is 14.0. The number of rotatable bonds is 7. The van der Waals surface area contributed by atoms with Gasteiger partial charge in [-0.05, 0) is 31.0 Å². The Bertz CT molecular complexity index is 325. The van der Waals surface area contributed by atoms with Crippen molar-refractivity contribution < 1.29 is 14.6 Å². The Morgan fingerprint density at radius 3 is 2.76 bits per heavy atom. The average Bonchev–Trinajstić information content (AvgIpc) is 2.36. The fraction of sp³-hybridized carbons (Fsp3) is 0.571. The molecule has 1 rings (SSSR count). The molecule has 0 amide bonds. The molecule has 0 aliphatic rings. The van der Waals surface area contributed by atoms with E-state index in [0.717, 1.165) is 24.2 Å². The molecule has 0 heterocycles. The van der Waals surface area contributed by atoms with E-state index in [-0.39, 0.29) is 6.10 Å². The highest BCUT2D eigenvalue weighted by atomic mass is 16.5. The second kappa shape index (κ2) is 7.30. The van der Waals surface area contributed by atoms with E-state index in [1.165, 1.54) is 0 Å². The summed E-state index contributed by atoms with van der Waals surface area (Å²) in [5, 5.41) is 9.98. The number of hydrogen-bond acceptors (Lipinski definition) is 3. The van der Waals surface area contributed by atoms with Gasteiger partial charge in [0.1, 0.15) is 11.9 Å². The minimum absolute atomic E-state index is 0.195. The molecule has 1 aromatic carbocycles. The summed E-state index contributed by atoms with van der Waals surface area (Å²) < 4.78 is 10.7. The largest absolute Gasteiger partial charge is 0.497 e. The average molecular weight is 238 g/mol. The van der Waals surface area contributed by atoms with Gasteiger partial charge in [0.2, 0.25) is 0 Å². The van der Waals surface area contributed by atoms with Crippen molar-refractivity contribution in [2.45, 2.75) is 38.9 Å². The minimum Gasteiger partial charge on any atom is -0.497 e. The highest BCUT2D eigenvalue weighted by Gasteiger charge is 2.10. The molecular weight excluding hydrogens is 216 g/mol. The van der Waals surface area contributed by atoms with Gasteiger partial charge in [0.25, 0.3) is 0 Å². The summed E-state index contributed by atoms with van der Waals surface area (Å²) in [5.41, 5.74) is 0.827. The van der Waals surface area contributed by atoms with E-state index in [0.29, 0.717) is 6.61 Å². The molecule has 0 radical (unpaired) electrons. The van der Waals surface area contributed by atoms with Gasteiger partial charge in [-0.1, -0.05) is 25.5 Å². The molecule has 3 nitrogen and oxygen atoms in total. The predicted molar refractivity (Wildman–Crippen MR) is 68.3 cm³/mol. The number of aliphatic hydroxyl groups excluding tert-OH is 1. The van der Waals surface area contributed by atoms with Crippen molar-refractivity contribution in [3.05, 3.63) is 29.8 Å². The standard InChI is InChI=1S/C14H22O3/c1-4-6-11(2)17-10-14(15)12-7-5-8-13(9-12)16-3/h5,7-9,11,14-15H,4,6,10H2,1-3H3.